The van der Waals surface area contributed by atoms with Crippen molar-refractivity contribution < 1.29 is 14.3 Å². The fourth-order valence-corrected chi connectivity index (χ4v) is 2.62. The van der Waals surface area contributed by atoms with Gasteiger partial charge in [-0.15, -0.1) is 0 Å². The van der Waals surface area contributed by atoms with Crippen molar-refractivity contribution in [3.8, 4) is 0 Å². The molecule has 7 heteroatoms. The molecule has 0 spiro atoms. The molecule has 0 saturated heterocycles. The minimum absolute atomic E-state index is 0.0366. The topological polar surface area (TPSA) is 117 Å². The number of primary amides is 1. The molecule has 1 aliphatic rings. The third kappa shape index (κ3) is 13.5. The number of ether oxygens (including phenoxy) is 2. The number of allylic oxidation sites excluding steroid dienone is 1. The molecule has 0 saturated carbocycles. The largest absolute Gasteiger partial charge is 0.398 e. The SMILES string of the molecule is CC(C)CCOC(C)(C)C.CN(N)/C1=C(\N)C(OCC(N)=O)CCCCC1. The summed E-state index contributed by atoms with van der Waals surface area (Å²) in [6.45, 7) is 11.5. The third-order valence-corrected chi connectivity index (χ3v) is 4.14. The quantitative estimate of drug-likeness (QED) is 0.457. The van der Waals surface area contributed by atoms with E-state index in [0.717, 1.165) is 56.7 Å². The van der Waals surface area contributed by atoms with Crippen LogP contribution in [0.15, 0.2) is 11.4 Å². The van der Waals surface area contributed by atoms with Crippen LogP contribution in [0.5, 0.6) is 0 Å². The summed E-state index contributed by atoms with van der Waals surface area (Å²) in [5.74, 6) is 6.01. The second kappa shape index (κ2) is 13.0. The number of nitrogens with zero attached hydrogens (tertiary/aromatic N) is 1. The molecule has 27 heavy (non-hydrogen) atoms. The summed E-state index contributed by atoms with van der Waals surface area (Å²) in [7, 11) is 1.76. The highest BCUT2D eigenvalue weighted by atomic mass is 16.5. The first-order chi connectivity index (χ1) is 12.4. The van der Waals surface area contributed by atoms with E-state index in [1.807, 2.05) is 0 Å². The zero-order chi connectivity index (χ0) is 21.0. The molecule has 0 radical (unpaired) electrons. The molecule has 0 aromatic rings. The highest BCUT2D eigenvalue weighted by molar-refractivity contribution is 5.75. The Morgan fingerprint density at radius 3 is 2.37 bits per heavy atom. The van der Waals surface area contributed by atoms with Crippen molar-refractivity contribution in [1.29, 1.82) is 0 Å². The van der Waals surface area contributed by atoms with Crippen molar-refractivity contribution in [2.45, 2.75) is 84.8 Å². The number of hydrazine groups is 1. The predicted molar refractivity (Wildman–Crippen MR) is 110 cm³/mol. The van der Waals surface area contributed by atoms with Crippen LogP contribution in [0.3, 0.4) is 0 Å². The van der Waals surface area contributed by atoms with Crippen molar-refractivity contribution in [2.75, 3.05) is 20.3 Å². The van der Waals surface area contributed by atoms with E-state index in [9.17, 15) is 4.79 Å². The van der Waals surface area contributed by atoms with Crippen LogP contribution >= 0.6 is 0 Å². The standard InChI is InChI=1S/C11H22N4O2.C9H20O/c1-15(14)8-5-3-2-4-6-9(11(8)13)17-7-10(12)16;1-8(2)6-7-10-9(3,4)5/h9H,2-7,13-14H2,1H3,(H2,12,16);8H,6-7H2,1-5H3/b11-8-;. The van der Waals surface area contributed by atoms with Crippen molar-refractivity contribution in [3.63, 3.8) is 0 Å². The molecule has 0 fully saturated rings. The Kier molecular flexibility index (Phi) is 12.3. The fourth-order valence-electron chi connectivity index (χ4n) is 2.62. The smallest absolute Gasteiger partial charge is 0.243 e. The molecule has 1 aliphatic carbocycles. The molecule has 0 bridgehead atoms. The number of nitrogens with two attached hydrogens (primary N) is 3. The lowest BCUT2D eigenvalue weighted by molar-refractivity contribution is -0.124. The Morgan fingerprint density at radius 2 is 1.89 bits per heavy atom. The van der Waals surface area contributed by atoms with Gasteiger partial charge in [0.25, 0.3) is 0 Å². The van der Waals surface area contributed by atoms with Gasteiger partial charge in [-0.05, 0) is 52.4 Å². The average Bonchev–Trinajstić information content (AvgIpc) is 2.49. The zero-order valence-electron chi connectivity index (χ0n) is 18.2. The maximum absolute atomic E-state index is 10.7. The molecule has 0 heterocycles. The van der Waals surface area contributed by atoms with E-state index < -0.39 is 5.91 Å². The molecule has 1 rings (SSSR count). The molecule has 1 unspecified atom stereocenters. The number of rotatable bonds is 7. The number of carbonyl (C=O) groups is 1. The minimum atomic E-state index is -0.484. The van der Waals surface area contributed by atoms with Crippen LogP contribution in [0.1, 0.15) is 73.1 Å². The van der Waals surface area contributed by atoms with Crippen molar-refractivity contribution in [2.24, 2.45) is 23.2 Å². The Hall–Kier alpha value is -1.31. The number of hydrogen-bond acceptors (Lipinski definition) is 6. The Morgan fingerprint density at radius 1 is 1.26 bits per heavy atom. The third-order valence-electron chi connectivity index (χ3n) is 4.14. The van der Waals surface area contributed by atoms with Crippen LogP contribution in [-0.2, 0) is 14.3 Å². The van der Waals surface area contributed by atoms with Gasteiger partial charge >= 0.3 is 0 Å². The van der Waals surface area contributed by atoms with E-state index in [0.29, 0.717) is 5.70 Å². The monoisotopic (exact) mass is 386 g/mol. The van der Waals surface area contributed by atoms with E-state index >= 15 is 0 Å². The van der Waals surface area contributed by atoms with Gasteiger partial charge in [0, 0.05) is 13.7 Å². The summed E-state index contributed by atoms with van der Waals surface area (Å²) < 4.78 is 11.0. The first-order valence-electron chi connectivity index (χ1n) is 9.94. The van der Waals surface area contributed by atoms with Crippen LogP contribution in [0.4, 0.5) is 0 Å². The van der Waals surface area contributed by atoms with Gasteiger partial charge in [0.1, 0.15) is 6.61 Å². The fraction of sp³-hybridized carbons (Fsp3) is 0.850. The molecule has 0 aromatic heterocycles. The summed E-state index contributed by atoms with van der Waals surface area (Å²) in [4.78, 5) is 10.7. The van der Waals surface area contributed by atoms with E-state index in [4.69, 9.17) is 26.8 Å². The predicted octanol–water partition coefficient (Wildman–Crippen LogP) is 2.64. The zero-order valence-corrected chi connectivity index (χ0v) is 18.2. The normalized spacial score (nSPS) is 21.1. The van der Waals surface area contributed by atoms with Crippen molar-refractivity contribution >= 4 is 5.91 Å². The van der Waals surface area contributed by atoms with Crippen LogP contribution in [0.25, 0.3) is 0 Å². The summed E-state index contributed by atoms with van der Waals surface area (Å²) in [6, 6.07) is 0. The highest BCUT2D eigenvalue weighted by Gasteiger charge is 2.20. The summed E-state index contributed by atoms with van der Waals surface area (Å²) in [5, 5.41) is 1.53. The van der Waals surface area contributed by atoms with Gasteiger partial charge in [-0.25, -0.2) is 5.84 Å². The van der Waals surface area contributed by atoms with E-state index in [1.54, 1.807) is 7.05 Å². The molecule has 160 valence electrons. The average molecular weight is 387 g/mol. The number of carbonyl (C=O) groups excluding carboxylic acids is 1. The highest BCUT2D eigenvalue weighted by Crippen LogP contribution is 2.23. The van der Waals surface area contributed by atoms with Crippen LogP contribution < -0.4 is 17.3 Å². The summed E-state index contributed by atoms with van der Waals surface area (Å²) in [6.07, 6.45) is 5.76. The second-order valence-corrected chi connectivity index (χ2v) is 8.52. The van der Waals surface area contributed by atoms with Gasteiger partial charge in [0.15, 0.2) is 0 Å². The maximum Gasteiger partial charge on any atom is 0.243 e. The van der Waals surface area contributed by atoms with Gasteiger partial charge in [0.2, 0.25) is 5.91 Å². The van der Waals surface area contributed by atoms with Crippen LogP contribution in [0.2, 0.25) is 0 Å². The van der Waals surface area contributed by atoms with Gasteiger partial charge in [0.05, 0.1) is 23.1 Å². The van der Waals surface area contributed by atoms with E-state index in [2.05, 4.69) is 34.6 Å². The Bertz CT molecular complexity index is 457. The van der Waals surface area contributed by atoms with Crippen LogP contribution in [0, 0.1) is 5.92 Å². The van der Waals surface area contributed by atoms with Gasteiger partial charge in [-0.3, -0.25) is 4.79 Å². The first-order valence-corrected chi connectivity index (χ1v) is 9.94. The summed E-state index contributed by atoms with van der Waals surface area (Å²) in [5.41, 5.74) is 12.7. The maximum atomic E-state index is 10.7. The lowest BCUT2D eigenvalue weighted by Crippen LogP contribution is -2.35. The molecule has 0 aromatic carbocycles. The Balaban J connectivity index is 0.000000580. The number of amides is 1. The molecule has 1 amide bonds. The molecular weight excluding hydrogens is 344 g/mol. The van der Waals surface area contributed by atoms with Crippen molar-refractivity contribution in [1.82, 2.24) is 5.01 Å². The minimum Gasteiger partial charge on any atom is -0.398 e. The van der Waals surface area contributed by atoms with Gasteiger partial charge in [-0.2, -0.15) is 0 Å². The Labute approximate surface area is 165 Å². The van der Waals surface area contributed by atoms with Gasteiger partial charge in [-0.1, -0.05) is 26.7 Å². The molecule has 0 aliphatic heterocycles. The molecule has 6 N–H and O–H groups in total. The second-order valence-electron chi connectivity index (χ2n) is 8.52. The van der Waals surface area contributed by atoms with E-state index in [-0.39, 0.29) is 18.3 Å². The van der Waals surface area contributed by atoms with Gasteiger partial charge < -0.3 is 25.9 Å². The first kappa shape index (κ1) is 25.7. The number of hydrogen-bond donors (Lipinski definition) is 3. The van der Waals surface area contributed by atoms with E-state index in [1.165, 1.54) is 5.01 Å². The summed E-state index contributed by atoms with van der Waals surface area (Å²) >= 11 is 0. The molecule has 7 nitrogen and oxygen atoms in total. The van der Waals surface area contributed by atoms with Crippen molar-refractivity contribution in [3.05, 3.63) is 11.4 Å². The lowest BCUT2D eigenvalue weighted by atomic mass is 9.99. The lowest BCUT2D eigenvalue weighted by Gasteiger charge is -2.27. The van der Waals surface area contributed by atoms with Crippen LogP contribution in [-0.4, -0.2) is 42.9 Å². The molecule has 1 atom stereocenters. The molecular formula is C20H42N4O3.